The van der Waals surface area contributed by atoms with Gasteiger partial charge in [-0.2, -0.15) is 0 Å². The van der Waals surface area contributed by atoms with E-state index in [1.165, 1.54) is 5.56 Å². The standard InChI is InChI=1S/C15H16ClNOS/c1-11-2-7-14(17)15(10-11)19-9-8-18-13-5-3-12(16)4-6-13/h2-7,10H,8-9,17H2,1H3. The highest BCUT2D eigenvalue weighted by atomic mass is 35.5. The van der Waals surface area contributed by atoms with Gasteiger partial charge in [0.1, 0.15) is 5.75 Å². The molecule has 2 N–H and O–H groups in total. The number of rotatable bonds is 5. The van der Waals surface area contributed by atoms with Crippen LogP contribution in [-0.2, 0) is 0 Å². The van der Waals surface area contributed by atoms with E-state index in [9.17, 15) is 0 Å². The van der Waals surface area contributed by atoms with E-state index in [0.29, 0.717) is 11.6 Å². The highest BCUT2D eigenvalue weighted by molar-refractivity contribution is 7.99. The van der Waals surface area contributed by atoms with Crippen LogP contribution in [0.25, 0.3) is 0 Å². The lowest BCUT2D eigenvalue weighted by atomic mass is 10.2. The Balaban J connectivity index is 1.80. The lowest BCUT2D eigenvalue weighted by Gasteiger charge is -2.08. The molecule has 2 aromatic carbocycles. The van der Waals surface area contributed by atoms with Crippen LogP contribution in [-0.4, -0.2) is 12.4 Å². The Morgan fingerprint density at radius 1 is 1.16 bits per heavy atom. The minimum Gasteiger partial charge on any atom is -0.493 e. The third-order valence-electron chi connectivity index (χ3n) is 2.59. The molecule has 0 unspecified atom stereocenters. The van der Waals surface area contributed by atoms with Crippen molar-refractivity contribution in [1.29, 1.82) is 0 Å². The first-order valence-corrected chi connectivity index (χ1v) is 7.39. The Morgan fingerprint density at radius 3 is 2.63 bits per heavy atom. The molecule has 0 aliphatic rings. The van der Waals surface area contributed by atoms with Gasteiger partial charge in [-0.25, -0.2) is 0 Å². The largest absolute Gasteiger partial charge is 0.493 e. The summed E-state index contributed by atoms with van der Waals surface area (Å²) < 4.78 is 5.63. The quantitative estimate of drug-likeness (QED) is 0.504. The van der Waals surface area contributed by atoms with Crippen LogP contribution >= 0.6 is 23.4 Å². The van der Waals surface area contributed by atoms with Crippen LogP contribution in [0.2, 0.25) is 5.02 Å². The molecule has 0 radical (unpaired) electrons. The SMILES string of the molecule is Cc1ccc(N)c(SCCOc2ccc(Cl)cc2)c1. The van der Waals surface area contributed by atoms with E-state index in [1.54, 1.807) is 11.8 Å². The van der Waals surface area contributed by atoms with Gasteiger partial charge >= 0.3 is 0 Å². The number of halogens is 1. The van der Waals surface area contributed by atoms with Crippen LogP contribution < -0.4 is 10.5 Å². The van der Waals surface area contributed by atoms with Gasteiger partial charge in [0.25, 0.3) is 0 Å². The van der Waals surface area contributed by atoms with Crippen LogP contribution in [0.4, 0.5) is 5.69 Å². The maximum absolute atomic E-state index is 5.92. The van der Waals surface area contributed by atoms with Crippen molar-refractivity contribution in [2.24, 2.45) is 0 Å². The van der Waals surface area contributed by atoms with E-state index in [2.05, 4.69) is 13.0 Å². The normalized spacial score (nSPS) is 10.4. The van der Waals surface area contributed by atoms with Crippen molar-refractivity contribution in [2.45, 2.75) is 11.8 Å². The summed E-state index contributed by atoms with van der Waals surface area (Å²) in [6.45, 7) is 2.70. The van der Waals surface area contributed by atoms with Crippen LogP contribution in [0.15, 0.2) is 47.4 Å². The summed E-state index contributed by atoms with van der Waals surface area (Å²) >= 11 is 7.52. The fraction of sp³-hybridized carbons (Fsp3) is 0.200. The molecular weight excluding hydrogens is 278 g/mol. The predicted octanol–water partition coefficient (Wildman–Crippen LogP) is 4.40. The summed E-state index contributed by atoms with van der Waals surface area (Å²) in [6, 6.07) is 13.4. The van der Waals surface area contributed by atoms with Gasteiger partial charge in [-0.1, -0.05) is 17.7 Å². The first kappa shape index (κ1) is 14.1. The second-order valence-corrected chi connectivity index (χ2v) is 5.77. The number of aryl methyl sites for hydroxylation is 1. The number of hydrogen-bond donors (Lipinski definition) is 1. The highest BCUT2D eigenvalue weighted by Crippen LogP contribution is 2.26. The van der Waals surface area contributed by atoms with Crippen molar-refractivity contribution < 1.29 is 4.74 Å². The average Bonchev–Trinajstić information content (AvgIpc) is 2.40. The number of anilines is 1. The zero-order valence-electron chi connectivity index (χ0n) is 10.7. The summed E-state index contributed by atoms with van der Waals surface area (Å²) in [4.78, 5) is 1.11. The molecule has 0 amide bonds. The lowest BCUT2D eigenvalue weighted by molar-refractivity contribution is 0.344. The first-order valence-electron chi connectivity index (χ1n) is 6.02. The van der Waals surface area contributed by atoms with E-state index < -0.39 is 0 Å². The number of thioether (sulfide) groups is 1. The second kappa shape index (κ2) is 6.73. The molecule has 0 saturated carbocycles. The van der Waals surface area contributed by atoms with Gasteiger partial charge in [-0.3, -0.25) is 0 Å². The highest BCUT2D eigenvalue weighted by Gasteiger charge is 2.01. The Labute approximate surface area is 122 Å². The summed E-state index contributed by atoms with van der Waals surface area (Å²) in [6.07, 6.45) is 0. The number of nitrogens with two attached hydrogens (primary N) is 1. The van der Waals surface area contributed by atoms with Gasteiger partial charge in [0, 0.05) is 21.4 Å². The van der Waals surface area contributed by atoms with Crippen LogP contribution in [0.5, 0.6) is 5.75 Å². The van der Waals surface area contributed by atoms with E-state index in [1.807, 2.05) is 36.4 Å². The fourth-order valence-corrected chi connectivity index (χ4v) is 2.63. The van der Waals surface area contributed by atoms with Crippen molar-refractivity contribution in [3.8, 4) is 5.75 Å². The van der Waals surface area contributed by atoms with Gasteiger partial charge in [-0.05, 0) is 48.9 Å². The molecule has 100 valence electrons. The van der Waals surface area contributed by atoms with Crippen LogP contribution in [0.3, 0.4) is 0 Å². The Hall–Kier alpha value is -1.32. The van der Waals surface area contributed by atoms with Crippen molar-refractivity contribution in [2.75, 3.05) is 18.1 Å². The lowest BCUT2D eigenvalue weighted by Crippen LogP contribution is -2.00. The molecule has 0 aliphatic heterocycles. The third kappa shape index (κ3) is 4.37. The van der Waals surface area contributed by atoms with Gasteiger partial charge in [0.2, 0.25) is 0 Å². The van der Waals surface area contributed by atoms with Crippen molar-refractivity contribution in [3.05, 3.63) is 53.1 Å². The molecule has 0 spiro atoms. The van der Waals surface area contributed by atoms with Gasteiger partial charge < -0.3 is 10.5 Å². The van der Waals surface area contributed by atoms with Gasteiger partial charge in [0.15, 0.2) is 0 Å². The Kier molecular flexibility index (Phi) is 5.00. The predicted molar refractivity (Wildman–Crippen MR) is 83.3 cm³/mol. The zero-order valence-corrected chi connectivity index (χ0v) is 12.3. The maximum atomic E-state index is 5.92. The van der Waals surface area contributed by atoms with Gasteiger partial charge in [0.05, 0.1) is 6.61 Å². The van der Waals surface area contributed by atoms with Crippen molar-refractivity contribution in [1.82, 2.24) is 0 Å². The molecule has 2 rings (SSSR count). The summed E-state index contributed by atoms with van der Waals surface area (Å²) in [5.41, 5.74) is 7.96. The van der Waals surface area contributed by atoms with E-state index in [0.717, 1.165) is 22.1 Å². The van der Waals surface area contributed by atoms with Gasteiger partial charge in [-0.15, -0.1) is 11.8 Å². The maximum Gasteiger partial charge on any atom is 0.119 e. The molecule has 0 atom stereocenters. The molecule has 0 fully saturated rings. The van der Waals surface area contributed by atoms with E-state index in [-0.39, 0.29) is 0 Å². The summed E-state index contributed by atoms with van der Waals surface area (Å²) in [5.74, 6) is 1.69. The number of nitrogen functional groups attached to an aromatic ring is 1. The van der Waals surface area contributed by atoms with Crippen molar-refractivity contribution in [3.63, 3.8) is 0 Å². The fourth-order valence-electron chi connectivity index (χ4n) is 1.61. The number of benzene rings is 2. The molecule has 4 heteroatoms. The molecule has 2 aromatic rings. The summed E-state index contributed by atoms with van der Waals surface area (Å²) in [7, 11) is 0. The second-order valence-electron chi connectivity index (χ2n) is 4.19. The molecule has 0 aliphatic carbocycles. The average molecular weight is 294 g/mol. The summed E-state index contributed by atoms with van der Waals surface area (Å²) in [5, 5.41) is 0.717. The number of ether oxygens (including phenoxy) is 1. The third-order valence-corrected chi connectivity index (χ3v) is 3.88. The monoisotopic (exact) mass is 293 g/mol. The molecule has 19 heavy (non-hydrogen) atoms. The Morgan fingerprint density at radius 2 is 1.89 bits per heavy atom. The van der Waals surface area contributed by atoms with Crippen LogP contribution in [0.1, 0.15) is 5.56 Å². The minimum atomic E-state index is 0.639. The Bertz CT molecular complexity index is 542. The topological polar surface area (TPSA) is 35.2 Å². The van der Waals surface area contributed by atoms with Crippen LogP contribution in [0, 0.1) is 6.92 Å². The smallest absolute Gasteiger partial charge is 0.119 e. The number of hydrogen-bond acceptors (Lipinski definition) is 3. The zero-order chi connectivity index (χ0) is 13.7. The first-order chi connectivity index (χ1) is 9.15. The molecule has 0 bridgehead atoms. The molecule has 0 heterocycles. The van der Waals surface area contributed by atoms with E-state index in [4.69, 9.17) is 22.1 Å². The molecule has 0 aromatic heterocycles. The van der Waals surface area contributed by atoms with E-state index >= 15 is 0 Å². The molecule has 2 nitrogen and oxygen atoms in total. The van der Waals surface area contributed by atoms with Crippen molar-refractivity contribution >= 4 is 29.1 Å². The minimum absolute atomic E-state index is 0.639. The molecule has 0 saturated heterocycles. The molecular formula is C15H16ClNOS.